The van der Waals surface area contributed by atoms with Crippen molar-refractivity contribution in [3.05, 3.63) is 54.3 Å². The Balaban J connectivity index is 2.53. The smallest absolute Gasteiger partial charge is 0.264 e. The Morgan fingerprint density at radius 1 is 1.17 bits per heavy atom. The fraction of sp³-hybridized carbons (Fsp3) is 0.133. The van der Waals surface area contributed by atoms with Crippen molar-refractivity contribution in [2.24, 2.45) is 5.73 Å². The maximum atomic E-state index is 14.0. The lowest BCUT2D eigenvalue weighted by atomic mass is 10.3. The highest BCUT2D eigenvalue weighted by atomic mass is 32.2. The number of hydrogen-bond donors (Lipinski definition) is 1. The van der Waals surface area contributed by atoms with Crippen LogP contribution < -0.4 is 14.8 Å². The van der Waals surface area contributed by atoms with Crippen LogP contribution in [0.1, 0.15) is 0 Å². The second-order valence-corrected chi connectivity index (χ2v) is 6.47. The van der Waals surface area contributed by atoms with Gasteiger partial charge in [-0.1, -0.05) is 12.1 Å². The van der Waals surface area contributed by atoms with Gasteiger partial charge in [-0.3, -0.25) is 9.10 Å². The number of hydrogen-bond acceptors (Lipinski definition) is 4. The molecule has 0 aliphatic heterocycles. The van der Waals surface area contributed by atoms with Gasteiger partial charge in [0.2, 0.25) is 5.91 Å². The van der Waals surface area contributed by atoms with E-state index in [4.69, 9.17) is 10.5 Å². The van der Waals surface area contributed by atoms with E-state index in [0.29, 0.717) is 10.1 Å². The molecule has 8 heteroatoms. The Bertz CT molecular complexity index is 806. The van der Waals surface area contributed by atoms with Gasteiger partial charge in [-0.15, -0.1) is 0 Å². The molecule has 1 amide bonds. The van der Waals surface area contributed by atoms with Crippen LogP contribution >= 0.6 is 0 Å². The number of primary amides is 1. The van der Waals surface area contributed by atoms with E-state index in [-0.39, 0.29) is 10.6 Å². The number of methoxy groups -OCH3 is 1. The summed E-state index contributed by atoms with van der Waals surface area (Å²) in [6.45, 7) is -0.671. The zero-order valence-electron chi connectivity index (χ0n) is 12.3. The number of para-hydroxylation sites is 1. The molecule has 0 aliphatic rings. The average Bonchev–Trinajstić information content (AvgIpc) is 2.53. The van der Waals surface area contributed by atoms with Gasteiger partial charge in [0.15, 0.2) is 0 Å². The number of carbonyl (C=O) groups excluding carboxylic acids is 1. The molecule has 0 saturated carbocycles. The number of rotatable bonds is 6. The highest BCUT2D eigenvalue weighted by molar-refractivity contribution is 7.92. The minimum atomic E-state index is -4.16. The highest BCUT2D eigenvalue weighted by Gasteiger charge is 2.28. The third kappa shape index (κ3) is 3.59. The van der Waals surface area contributed by atoms with Gasteiger partial charge in [0.05, 0.1) is 17.7 Å². The van der Waals surface area contributed by atoms with Crippen LogP contribution in [0.2, 0.25) is 0 Å². The van der Waals surface area contributed by atoms with Crippen molar-refractivity contribution < 1.29 is 22.3 Å². The number of carbonyl (C=O) groups is 1. The maximum absolute atomic E-state index is 14.0. The topological polar surface area (TPSA) is 89.7 Å². The van der Waals surface area contributed by atoms with Crippen molar-refractivity contribution in [2.45, 2.75) is 4.90 Å². The van der Waals surface area contributed by atoms with Crippen molar-refractivity contribution in [1.82, 2.24) is 0 Å². The molecule has 2 rings (SSSR count). The molecular formula is C15H15FN2O4S. The number of nitrogens with two attached hydrogens (primary N) is 1. The number of halogens is 1. The van der Waals surface area contributed by atoms with Crippen LogP contribution in [0, 0.1) is 5.82 Å². The SMILES string of the molecule is COc1ccc(S(=O)(=O)N(CC(N)=O)c2ccccc2F)cc1. The van der Waals surface area contributed by atoms with E-state index in [1.807, 2.05) is 0 Å². The van der Waals surface area contributed by atoms with Crippen molar-refractivity contribution >= 4 is 21.6 Å². The summed E-state index contributed by atoms with van der Waals surface area (Å²) in [6, 6.07) is 10.8. The third-order valence-electron chi connectivity index (χ3n) is 3.07. The third-order valence-corrected chi connectivity index (χ3v) is 4.84. The minimum absolute atomic E-state index is 0.109. The van der Waals surface area contributed by atoms with E-state index >= 15 is 0 Å². The van der Waals surface area contributed by atoms with E-state index < -0.39 is 28.3 Å². The summed E-state index contributed by atoms with van der Waals surface area (Å²) in [6.07, 6.45) is 0. The minimum Gasteiger partial charge on any atom is -0.497 e. The normalized spacial score (nSPS) is 11.0. The lowest BCUT2D eigenvalue weighted by molar-refractivity contribution is -0.116. The van der Waals surface area contributed by atoms with Crippen molar-refractivity contribution in [3.63, 3.8) is 0 Å². The zero-order valence-corrected chi connectivity index (χ0v) is 13.1. The molecular weight excluding hydrogens is 323 g/mol. The number of sulfonamides is 1. The van der Waals surface area contributed by atoms with E-state index in [0.717, 1.165) is 6.07 Å². The first-order valence-corrected chi connectivity index (χ1v) is 8.00. The van der Waals surface area contributed by atoms with Crippen LogP contribution in [0.25, 0.3) is 0 Å². The predicted molar refractivity (Wildman–Crippen MR) is 83.1 cm³/mol. The van der Waals surface area contributed by atoms with Crippen LogP contribution in [-0.4, -0.2) is 28.0 Å². The quantitative estimate of drug-likeness (QED) is 0.864. The van der Waals surface area contributed by atoms with Crippen LogP contribution in [0.4, 0.5) is 10.1 Å². The Kier molecular flexibility index (Phi) is 4.85. The standard InChI is InChI=1S/C15H15FN2O4S/c1-22-11-6-8-12(9-7-11)23(20,21)18(10-15(17)19)14-5-3-2-4-13(14)16/h2-9H,10H2,1H3,(H2,17,19). The van der Waals surface area contributed by atoms with E-state index in [9.17, 15) is 17.6 Å². The van der Waals surface area contributed by atoms with Gasteiger partial charge < -0.3 is 10.5 Å². The molecule has 0 aliphatic carbocycles. The highest BCUT2D eigenvalue weighted by Crippen LogP contribution is 2.26. The van der Waals surface area contributed by atoms with Gasteiger partial charge in [-0.25, -0.2) is 12.8 Å². The number of amides is 1. The van der Waals surface area contributed by atoms with Gasteiger partial charge in [-0.05, 0) is 36.4 Å². The average molecular weight is 338 g/mol. The molecule has 0 radical (unpaired) electrons. The lowest BCUT2D eigenvalue weighted by Gasteiger charge is -2.23. The summed E-state index contributed by atoms with van der Waals surface area (Å²) in [4.78, 5) is 11.1. The molecule has 0 heterocycles. The number of benzene rings is 2. The molecule has 0 fully saturated rings. The zero-order chi connectivity index (χ0) is 17.0. The Morgan fingerprint density at radius 3 is 2.30 bits per heavy atom. The Labute approximate surface area is 133 Å². The molecule has 23 heavy (non-hydrogen) atoms. The Hall–Kier alpha value is -2.61. The molecule has 2 N–H and O–H groups in total. The molecule has 6 nitrogen and oxygen atoms in total. The fourth-order valence-corrected chi connectivity index (χ4v) is 3.41. The van der Waals surface area contributed by atoms with Gasteiger partial charge >= 0.3 is 0 Å². The van der Waals surface area contributed by atoms with Gasteiger partial charge in [0.1, 0.15) is 18.1 Å². The largest absolute Gasteiger partial charge is 0.497 e. The number of nitrogens with zero attached hydrogens (tertiary/aromatic N) is 1. The molecule has 0 saturated heterocycles. The summed E-state index contributed by atoms with van der Waals surface area (Å²) in [5, 5.41) is 0. The predicted octanol–water partition coefficient (Wildman–Crippen LogP) is 1.51. The molecule has 0 aromatic heterocycles. The Morgan fingerprint density at radius 2 is 1.78 bits per heavy atom. The second-order valence-electron chi connectivity index (χ2n) is 4.60. The van der Waals surface area contributed by atoms with E-state index in [1.54, 1.807) is 0 Å². The second kappa shape index (κ2) is 6.66. The van der Waals surface area contributed by atoms with Crippen LogP contribution in [0.15, 0.2) is 53.4 Å². The van der Waals surface area contributed by atoms with Crippen molar-refractivity contribution in [3.8, 4) is 5.75 Å². The van der Waals surface area contributed by atoms with Crippen molar-refractivity contribution in [1.29, 1.82) is 0 Å². The van der Waals surface area contributed by atoms with Crippen LogP contribution in [0.5, 0.6) is 5.75 Å². The molecule has 122 valence electrons. The van der Waals surface area contributed by atoms with E-state index in [1.165, 1.54) is 49.6 Å². The number of ether oxygens (including phenoxy) is 1. The molecule has 0 spiro atoms. The molecule has 2 aromatic rings. The summed E-state index contributed by atoms with van der Waals surface area (Å²) < 4.78 is 45.1. The summed E-state index contributed by atoms with van der Waals surface area (Å²) in [5.41, 5.74) is 4.87. The van der Waals surface area contributed by atoms with Crippen molar-refractivity contribution in [2.75, 3.05) is 18.0 Å². The first-order chi connectivity index (χ1) is 10.9. The van der Waals surface area contributed by atoms with Gasteiger partial charge in [0, 0.05) is 0 Å². The number of anilines is 1. The molecule has 0 bridgehead atoms. The summed E-state index contributed by atoms with van der Waals surface area (Å²) in [7, 11) is -2.71. The molecule has 2 aromatic carbocycles. The maximum Gasteiger partial charge on any atom is 0.264 e. The van der Waals surface area contributed by atoms with Gasteiger partial charge in [-0.2, -0.15) is 0 Å². The van der Waals surface area contributed by atoms with E-state index in [2.05, 4.69) is 0 Å². The fourth-order valence-electron chi connectivity index (χ4n) is 1.97. The molecule has 0 unspecified atom stereocenters. The first kappa shape index (κ1) is 16.8. The van der Waals surface area contributed by atoms with Gasteiger partial charge in [0.25, 0.3) is 10.0 Å². The summed E-state index contributed by atoms with van der Waals surface area (Å²) >= 11 is 0. The monoisotopic (exact) mass is 338 g/mol. The molecule has 0 atom stereocenters. The van der Waals surface area contributed by atoms with Crippen LogP contribution in [0.3, 0.4) is 0 Å². The lowest BCUT2D eigenvalue weighted by Crippen LogP contribution is -2.39. The summed E-state index contributed by atoms with van der Waals surface area (Å²) in [5.74, 6) is -1.20. The van der Waals surface area contributed by atoms with Crippen LogP contribution in [-0.2, 0) is 14.8 Å². The first-order valence-electron chi connectivity index (χ1n) is 6.56.